The second-order valence-electron chi connectivity index (χ2n) is 8.70. The SMILES string of the molecule is CCNC(=O)Nc1cc(-c2nc(-c3ccccc3)cs2)c(-c2ccc3c(c2)c(=O)c(C(=O)O)cn3CC)cn1. The topological polar surface area (TPSA) is 126 Å². The first-order chi connectivity index (χ1) is 18.9. The van der Waals surface area contributed by atoms with E-state index in [1.54, 1.807) is 22.9 Å². The molecular weight excluding hydrogens is 514 g/mol. The number of anilines is 1. The first kappa shape index (κ1) is 25.8. The van der Waals surface area contributed by atoms with Crippen LogP contribution < -0.4 is 16.1 Å². The Bertz CT molecular complexity index is 1760. The van der Waals surface area contributed by atoms with E-state index in [4.69, 9.17) is 4.98 Å². The second-order valence-corrected chi connectivity index (χ2v) is 9.56. The van der Waals surface area contributed by atoms with Gasteiger partial charge in [0.15, 0.2) is 0 Å². The molecule has 3 aromatic heterocycles. The summed E-state index contributed by atoms with van der Waals surface area (Å²) >= 11 is 1.45. The number of carbonyl (C=O) groups is 2. The molecule has 0 unspecified atom stereocenters. The predicted octanol–water partition coefficient (Wildman–Crippen LogP) is 5.71. The minimum Gasteiger partial charge on any atom is -0.477 e. The Morgan fingerprint density at radius 2 is 1.82 bits per heavy atom. The van der Waals surface area contributed by atoms with Crippen molar-refractivity contribution < 1.29 is 14.7 Å². The van der Waals surface area contributed by atoms with Crippen molar-refractivity contribution in [3.63, 3.8) is 0 Å². The van der Waals surface area contributed by atoms with Gasteiger partial charge in [-0.15, -0.1) is 11.3 Å². The molecule has 0 spiro atoms. The van der Waals surface area contributed by atoms with Crippen LogP contribution in [0.25, 0.3) is 43.9 Å². The van der Waals surface area contributed by atoms with Crippen LogP contribution >= 0.6 is 11.3 Å². The van der Waals surface area contributed by atoms with Crippen LogP contribution in [0.5, 0.6) is 0 Å². The summed E-state index contributed by atoms with van der Waals surface area (Å²) in [5.41, 5.74) is 3.68. The number of pyridine rings is 2. The van der Waals surface area contributed by atoms with Gasteiger partial charge in [0.25, 0.3) is 0 Å². The summed E-state index contributed by atoms with van der Waals surface area (Å²) in [5.74, 6) is -0.924. The second kappa shape index (κ2) is 10.9. The first-order valence-electron chi connectivity index (χ1n) is 12.4. The largest absolute Gasteiger partial charge is 0.477 e. The maximum absolute atomic E-state index is 13.1. The Morgan fingerprint density at radius 1 is 1.03 bits per heavy atom. The maximum atomic E-state index is 13.1. The molecule has 0 saturated heterocycles. The summed E-state index contributed by atoms with van der Waals surface area (Å²) in [6.07, 6.45) is 3.00. The summed E-state index contributed by atoms with van der Waals surface area (Å²) < 4.78 is 1.75. The van der Waals surface area contributed by atoms with Crippen molar-refractivity contribution in [1.29, 1.82) is 0 Å². The van der Waals surface area contributed by atoms with Gasteiger partial charge in [-0.05, 0) is 37.6 Å². The fourth-order valence-electron chi connectivity index (χ4n) is 4.37. The minimum atomic E-state index is -1.27. The van der Waals surface area contributed by atoms with Crippen LogP contribution in [0.2, 0.25) is 0 Å². The molecule has 10 heteroatoms. The zero-order valence-corrected chi connectivity index (χ0v) is 22.1. The number of aromatic nitrogens is 3. The van der Waals surface area contributed by atoms with E-state index in [1.165, 1.54) is 17.5 Å². The summed E-state index contributed by atoms with van der Waals surface area (Å²) in [5, 5.41) is 18.0. The number of carboxylic acid groups (broad SMARTS) is 1. The van der Waals surface area contributed by atoms with Gasteiger partial charge in [-0.1, -0.05) is 36.4 Å². The Labute approximate surface area is 227 Å². The highest BCUT2D eigenvalue weighted by Crippen LogP contribution is 2.37. The van der Waals surface area contributed by atoms with Crippen LogP contribution in [0.4, 0.5) is 10.6 Å². The molecule has 0 aliphatic rings. The van der Waals surface area contributed by atoms with E-state index in [-0.39, 0.29) is 11.6 Å². The zero-order valence-electron chi connectivity index (χ0n) is 21.3. The highest BCUT2D eigenvalue weighted by Gasteiger charge is 2.18. The summed E-state index contributed by atoms with van der Waals surface area (Å²) in [7, 11) is 0. The number of fused-ring (bicyclic) bond motifs is 1. The predicted molar refractivity (Wildman–Crippen MR) is 153 cm³/mol. The van der Waals surface area contributed by atoms with E-state index in [0.717, 1.165) is 11.3 Å². The Kier molecular flexibility index (Phi) is 7.20. The number of hydrogen-bond donors (Lipinski definition) is 3. The van der Waals surface area contributed by atoms with Crippen molar-refractivity contribution >= 4 is 40.1 Å². The van der Waals surface area contributed by atoms with Gasteiger partial charge in [-0.25, -0.2) is 19.6 Å². The van der Waals surface area contributed by atoms with E-state index >= 15 is 0 Å². The molecular formula is C29H25N5O4S. The summed E-state index contributed by atoms with van der Waals surface area (Å²) in [6.45, 7) is 4.68. The zero-order chi connectivity index (χ0) is 27.5. The van der Waals surface area contributed by atoms with Gasteiger partial charge in [0.1, 0.15) is 16.4 Å². The number of aryl methyl sites for hydroxylation is 1. The van der Waals surface area contributed by atoms with Crippen molar-refractivity contribution in [2.24, 2.45) is 0 Å². The lowest BCUT2D eigenvalue weighted by Crippen LogP contribution is -2.28. The molecule has 5 rings (SSSR count). The molecule has 0 radical (unpaired) electrons. The molecule has 3 heterocycles. The molecule has 0 atom stereocenters. The third-order valence-electron chi connectivity index (χ3n) is 6.25. The third-order valence-corrected chi connectivity index (χ3v) is 7.12. The minimum absolute atomic E-state index is 0.284. The van der Waals surface area contributed by atoms with Gasteiger partial charge in [-0.2, -0.15) is 0 Å². The van der Waals surface area contributed by atoms with Crippen molar-refractivity contribution in [2.45, 2.75) is 20.4 Å². The molecule has 0 aliphatic heterocycles. The van der Waals surface area contributed by atoms with E-state index < -0.39 is 11.4 Å². The number of amides is 2. The number of hydrogen-bond acceptors (Lipinski definition) is 6. The lowest BCUT2D eigenvalue weighted by Gasteiger charge is -2.14. The number of carbonyl (C=O) groups excluding carboxylic acids is 1. The quantitative estimate of drug-likeness (QED) is 0.243. The molecule has 196 valence electrons. The highest BCUT2D eigenvalue weighted by molar-refractivity contribution is 7.13. The third kappa shape index (κ3) is 5.14. The van der Waals surface area contributed by atoms with Gasteiger partial charge in [0.2, 0.25) is 5.43 Å². The van der Waals surface area contributed by atoms with Crippen LogP contribution in [0.3, 0.4) is 0 Å². The molecule has 2 aromatic carbocycles. The van der Waals surface area contributed by atoms with Gasteiger partial charge < -0.3 is 15.0 Å². The fourth-order valence-corrected chi connectivity index (χ4v) is 5.23. The van der Waals surface area contributed by atoms with Gasteiger partial charge in [0, 0.05) is 52.9 Å². The average molecular weight is 540 g/mol. The normalized spacial score (nSPS) is 10.9. The summed E-state index contributed by atoms with van der Waals surface area (Å²) in [6, 6.07) is 16.6. The van der Waals surface area contributed by atoms with Gasteiger partial charge in [0.05, 0.1) is 11.2 Å². The maximum Gasteiger partial charge on any atom is 0.341 e. The van der Waals surface area contributed by atoms with Gasteiger partial charge in [-0.3, -0.25) is 10.1 Å². The Morgan fingerprint density at radius 3 is 2.54 bits per heavy atom. The fraction of sp³-hybridized carbons (Fsp3) is 0.138. The lowest BCUT2D eigenvalue weighted by atomic mass is 9.99. The monoisotopic (exact) mass is 539 g/mol. The van der Waals surface area contributed by atoms with Crippen molar-refractivity contribution in [3.8, 4) is 33.0 Å². The average Bonchev–Trinajstić information content (AvgIpc) is 3.44. The molecule has 0 saturated carbocycles. The number of nitrogens with one attached hydrogen (secondary N) is 2. The van der Waals surface area contributed by atoms with E-state index in [9.17, 15) is 19.5 Å². The van der Waals surface area contributed by atoms with Gasteiger partial charge >= 0.3 is 12.0 Å². The molecule has 0 aliphatic carbocycles. The van der Waals surface area contributed by atoms with E-state index in [1.807, 2.05) is 61.7 Å². The van der Waals surface area contributed by atoms with E-state index in [0.29, 0.717) is 51.5 Å². The Hall–Kier alpha value is -4.83. The number of nitrogens with zero attached hydrogens (tertiary/aromatic N) is 3. The number of carboxylic acids is 1. The number of thiazole rings is 1. The first-order valence-corrected chi connectivity index (χ1v) is 13.2. The number of urea groups is 1. The molecule has 9 nitrogen and oxygen atoms in total. The number of rotatable bonds is 7. The molecule has 5 aromatic rings. The lowest BCUT2D eigenvalue weighted by molar-refractivity contribution is 0.0694. The van der Waals surface area contributed by atoms with Crippen LogP contribution in [0.15, 0.2) is 77.2 Å². The molecule has 39 heavy (non-hydrogen) atoms. The van der Waals surface area contributed by atoms with Crippen LogP contribution in [0.1, 0.15) is 24.2 Å². The van der Waals surface area contributed by atoms with Crippen molar-refractivity contribution in [1.82, 2.24) is 19.9 Å². The number of benzene rings is 2. The van der Waals surface area contributed by atoms with Crippen molar-refractivity contribution in [2.75, 3.05) is 11.9 Å². The Balaban J connectivity index is 1.68. The molecule has 0 fully saturated rings. The molecule has 0 bridgehead atoms. The molecule has 3 N–H and O–H groups in total. The van der Waals surface area contributed by atoms with Crippen LogP contribution in [-0.4, -0.2) is 38.2 Å². The van der Waals surface area contributed by atoms with Crippen LogP contribution in [0, 0.1) is 0 Å². The van der Waals surface area contributed by atoms with Crippen LogP contribution in [-0.2, 0) is 6.54 Å². The standard InChI is InChI=1S/C29H25N5O4S/c1-3-30-29(38)33-25-13-19(27-32-23(16-39-27)17-8-6-5-7-9-17)21(14-31-25)18-10-11-24-20(12-18)26(35)22(28(36)37)15-34(24)4-2/h5-16H,3-4H2,1-2H3,(H,36,37)(H2,30,31,33,38). The highest BCUT2D eigenvalue weighted by atomic mass is 32.1. The number of aromatic carboxylic acids is 1. The van der Waals surface area contributed by atoms with E-state index in [2.05, 4.69) is 15.6 Å². The molecule has 2 amide bonds. The smallest absolute Gasteiger partial charge is 0.341 e. The summed E-state index contributed by atoms with van der Waals surface area (Å²) in [4.78, 5) is 46.3. The van der Waals surface area contributed by atoms with Crippen molar-refractivity contribution in [3.05, 3.63) is 88.2 Å².